The lowest BCUT2D eigenvalue weighted by Gasteiger charge is -2.21. The molecule has 1 saturated heterocycles. The monoisotopic (exact) mass is 416 g/mol. The predicted octanol–water partition coefficient (Wildman–Crippen LogP) is 3.07. The van der Waals surface area contributed by atoms with Crippen LogP contribution in [0.25, 0.3) is 0 Å². The second-order valence-electron chi connectivity index (χ2n) is 7.13. The first kappa shape index (κ1) is 22.0. The number of guanidine groups is 1. The minimum Gasteiger partial charge on any atom is -0.439 e. The van der Waals surface area contributed by atoms with E-state index in [2.05, 4.69) is 20.2 Å². The van der Waals surface area contributed by atoms with Gasteiger partial charge in [-0.2, -0.15) is 0 Å². The number of likely N-dealkylation sites (tertiary alicyclic amines) is 1. The highest BCUT2D eigenvalue weighted by atomic mass is 19.1. The molecule has 1 fully saturated rings. The lowest BCUT2D eigenvalue weighted by Crippen LogP contribution is -2.39. The molecule has 2 heterocycles. The van der Waals surface area contributed by atoms with Gasteiger partial charge in [0.05, 0.1) is 19.8 Å². The van der Waals surface area contributed by atoms with Crippen molar-refractivity contribution >= 4 is 5.96 Å². The van der Waals surface area contributed by atoms with Crippen molar-refractivity contribution in [3.05, 3.63) is 54.0 Å². The van der Waals surface area contributed by atoms with E-state index in [4.69, 9.17) is 14.2 Å². The molecule has 0 amide bonds. The molecule has 0 saturated carbocycles. The normalized spacial score (nSPS) is 16.7. The summed E-state index contributed by atoms with van der Waals surface area (Å²) in [6.45, 7) is 4.48. The standard InChI is InChI=1S/C22H29FN4O3/c1-24-22(27-9-8-18(15-27)16-29-11-10-28-2)26-14-17-6-7-21(25-13-17)30-20-5-3-4-19(23)12-20/h3-7,12-13,18H,8-11,14-16H2,1-2H3,(H,24,26). The summed E-state index contributed by atoms with van der Waals surface area (Å²) in [5.41, 5.74) is 1.00. The molecular formula is C22H29FN4O3. The van der Waals surface area contributed by atoms with E-state index in [1.165, 1.54) is 12.1 Å². The van der Waals surface area contributed by atoms with Crippen LogP contribution in [-0.2, 0) is 16.0 Å². The number of ether oxygens (including phenoxy) is 3. The Bertz CT molecular complexity index is 816. The van der Waals surface area contributed by atoms with Crippen molar-refractivity contribution in [1.82, 2.24) is 15.2 Å². The molecule has 1 aromatic carbocycles. The first-order chi connectivity index (χ1) is 14.7. The minimum atomic E-state index is -0.342. The third kappa shape index (κ3) is 6.67. The van der Waals surface area contributed by atoms with E-state index in [1.54, 1.807) is 38.6 Å². The third-order valence-corrected chi connectivity index (χ3v) is 4.85. The molecule has 1 aromatic heterocycles. The van der Waals surface area contributed by atoms with Crippen LogP contribution in [0.15, 0.2) is 47.6 Å². The molecule has 0 spiro atoms. The van der Waals surface area contributed by atoms with Crippen molar-refractivity contribution in [3.8, 4) is 11.6 Å². The Morgan fingerprint density at radius 2 is 2.20 bits per heavy atom. The van der Waals surface area contributed by atoms with Crippen LogP contribution in [0, 0.1) is 11.7 Å². The van der Waals surface area contributed by atoms with Gasteiger partial charge in [0.15, 0.2) is 5.96 Å². The first-order valence-electron chi connectivity index (χ1n) is 10.1. The Hall–Kier alpha value is -2.71. The van der Waals surface area contributed by atoms with Crippen molar-refractivity contribution in [2.45, 2.75) is 13.0 Å². The molecule has 1 aliphatic heterocycles. The van der Waals surface area contributed by atoms with Crippen LogP contribution in [0.4, 0.5) is 4.39 Å². The molecule has 30 heavy (non-hydrogen) atoms. The van der Waals surface area contributed by atoms with Crippen LogP contribution in [0.3, 0.4) is 0 Å². The number of hydrogen-bond acceptors (Lipinski definition) is 5. The number of nitrogens with one attached hydrogen (secondary N) is 1. The first-order valence-corrected chi connectivity index (χ1v) is 10.1. The van der Waals surface area contributed by atoms with Crippen molar-refractivity contribution in [3.63, 3.8) is 0 Å². The number of pyridine rings is 1. The number of nitrogens with zero attached hydrogens (tertiary/aromatic N) is 3. The summed E-state index contributed by atoms with van der Waals surface area (Å²) >= 11 is 0. The van der Waals surface area contributed by atoms with Crippen LogP contribution >= 0.6 is 0 Å². The van der Waals surface area contributed by atoms with Gasteiger partial charge in [-0.25, -0.2) is 9.37 Å². The van der Waals surface area contributed by atoms with E-state index in [1.807, 2.05) is 6.07 Å². The van der Waals surface area contributed by atoms with E-state index in [9.17, 15) is 4.39 Å². The van der Waals surface area contributed by atoms with E-state index in [0.717, 1.165) is 37.6 Å². The minimum absolute atomic E-state index is 0.342. The van der Waals surface area contributed by atoms with Gasteiger partial charge in [-0.05, 0) is 24.1 Å². The highest BCUT2D eigenvalue weighted by molar-refractivity contribution is 5.80. The molecule has 0 aliphatic carbocycles. The third-order valence-electron chi connectivity index (χ3n) is 4.85. The Labute approximate surface area is 176 Å². The number of rotatable bonds is 9. The Kier molecular flexibility index (Phi) is 8.41. The predicted molar refractivity (Wildman–Crippen MR) is 113 cm³/mol. The van der Waals surface area contributed by atoms with Gasteiger partial charge in [0.2, 0.25) is 5.88 Å². The summed E-state index contributed by atoms with van der Waals surface area (Å²) in [6.07, 6.45) is 2.83. The maximum atomic E-state index is 13.3. The van der Waals surface area contributed by atoms with Gasteiger partial charge in [-0.15, -0.1) is 0 Å². The topological polar surface area (TPSA) is 68.2 Å². The summed E-state index contributed by atoms with van der Waals surface area (Å²) in [6, 6.07) is 9.69. The molecule has 8 heteroatoms. The number of hydrogen-bond donors (Lipinski definition) is 1. The van der Waals surface area contributed by atoms with Gasteiger partial charge >= 0.3 is 0 Å². The highest BCUT2D eigenvalue weighted by Gasteiger charge is 2.24. The summed E-state index contributed by atoms with van der Waals surface area (Å²) in [5.74, 6) is 1.87. The molecule has 3 rings (SSSR count). The zero-order valence-electron chi connectivity index (χ0n) is 17.5. The molecule has 1 unspecified atom stereocenters. The lowest BCUT2D eigenvalue weighted by molar-refractivity contribution is 0.0536. The number of aromatic nitrogens is 1. The lowest BCUT2D eigenvalue weighted by atomic mass is 10.1. The van der Waals surface area contributed by atoms with Crippen molar-refractivity contribution in [1.29, 1.82) is 0 Å². The quantitative estimate of drug-likeness (QED) is 0.385. The largest absolute Gasteiger partial charge is 0.439 e. The summed E-state index contributed by atoms with van der Waals surface area (Å²) in [7, 11) is 3.47. The maximum Gasteiger partial charge on any atom is 0.219 e. The van der Waals surface area contributed by atoms with E-state index >= 15 is 0 Å². The van der Waals surface area contributed by atoms with Gasteiger partial charge in [-0.1, -0.05) is 12.1 Å². The van der Waals surface area contributed by atoms with Gasteiger partial charge in [0.1, 0.15) is 11.6 Å². The SMILES string of the molecule is CN=C(NCc1ccc(Oc2cccc(F)c2)nc1)N1CCC(COCCOC)C1. The molecule has 2 aromatic rings. The van der Waals surface area contributed by atoms with Gasteiger partial charge < -0.3 is 24.4 Å². The van der Waals surface area contributed by atoms with Gasteiger partial charge in [-0.3, -0.25) is 4.99 Å². The molecule has 1 atom stereocenters. The highest BCUT2D eigenvalue weighted by Crippen LogP contribution is 2.20. The summed E-state index contributed by atoms with van der Waals surface area (Å²) in [5, 5.41) is 3.39. The fourth-order valence-electron chi connectivity index (χ4n) is 3.29. The van der Waals surface area contributed by atoms with Crippen LogP contribution < -0.4 is 10.1 Å². The van der Waals surface area contributed by atoms with Crippen molar-refractivity contribution < 1.29 is 18.6 Å². The van der Waals surface area contributed by atoms with Crippen LogP contribution in [-0.4, -0.2) is 62.9 Å². The zero-order chi connectivity index (χ0) is 21.2. The summed E-state index contributed by atoms with van der Waals surface area (Å²) < 4.78 is 29.5. The number of methoxy groups -OCH3 is 1. The van der Waals surface area contributed by atoms with Crippen LogP contribution in [0.1, 0.15) is 12.0 Å². The smallest absolute Gasteiger partial charge is 0.219 e. The molecule has 1 aliphatic rings. The van der Waals surface area contributed by atoms with E-state index in [-0.39, 0.29) is 5.82 Å². The van der Waals surface area contributed by atoms with Gasteiger partial charge in [0, 0.05) is 58.0 Å². The molecule has 7 nitrogen and oxygen atoms in total. The molecular weight excluding hydrogens is 387 g/mol. The number of halogens is 1. The number of benzene rings is 1. The Morgan fingerprint density at radius 3 is 2.93 bits per heavy atom. The fraction of sp³-hybridized carbons (Fsp3) is 0.455. The molecule has 1 N–H and O–H groups in total. The van der Waals surface area contributed by atoms with E-state index in [0.29, 0.717) is 37.3 Å². The average molecular weight is 416 g/mol. The van der Waals surface area contributed by atoms with Crippen molar-refractivity contribution in [2.75, 3.05) is 47.1 Å². The van der Waals surface area contributed by atoms with E-state index < -0.39 is 0 Å². The molecule has 162 valence electrons. The zero-order valence-corrected chi connectivity index (χ0v) is 17.5. The fourth-order valence-corrected chi connectivity index (χ4v) is 3.29. The second-order valence-corrected chi connectivity index (χ2v) is 7.13. The Balaban J connectivity index is 1.45. The average Bonchev–Trinajstić information content (AvgIpc) is 3.22. The van der Waals surface area contributed by atoms with Crippen molar-refractivity contribution in [2.24, 2.45) is 10.9 Å². The second kappa shape index (κ2) is 11.5. The Morgan fingerprint density at radius 1 is 1.30 bits per heavy atom. The molecule has 0 bridgehead atoms. The van der Waals surface area contributed by atoms with Crippen LogP contribution in [0.2, 0.25) is 0 Å². The maximum absolute atomic E-state index is 13.3. The number of aliphatic imine (C=N–C) groups is 1. The van der Waals surface area contributed by atoms with Gasteiger partial charge in [0.25, 0.3) is 0 Å². The molecule has 0 radical (unpaired) electrons. The van der Waals surface area contributed by atoms with Crippen LogP contribution in [0.5, 0.6) is 11.6 Å². The summed E-state index contributed by atoms with van der Waals surface area (Å²) in [4.78, 5) is 11.0.